The minimum Gasteiger partial charge on any atom is -0.333 e. The minimum atomic E-state index is 0.540. The molecule has 3 nitrogen and oxygen atoms in total. The van der Waals surface area contributed by atoms with E-state index in [1.807, 2.05) is 17.5 Å². The Morgan fingerprint density at radius 2 is 2.41 bits per heavy atom. The monoisotopic (exact) mass is 244 g/mol. The second kappa shape index (κ2) is 4.30. The van der Waals surface area contributed by atoms with Crippen molar-refractivity contribution < 1.29 is 4.52 Å². The number of rotatable bonds is 2. The van der Waals surface area contributed by atoms with Gasteiger partial charge in [-0.2, -0.15) is 4.98 Å². The predicted octanol–water partition coefficient (Wildman–Crippen LogP) is 3.78. The van der Waals surface area contributed by atoms with Crippen molar-refractivity contribution in [1.29, 1.82) is 0 Å². The van der Waals surface area contributed by atoms with Crippen molar-refractivity contribution >= 4 is 16.9 Å². The lowest BCUT2D eigenvalue weighted by molar-refractivity contribution is 0.428. The summed E-state index contributed by atoms with van der Waals surface area (Å²) in [5.74, 6) is 1.86. The molecule has 0 aliphatic heterocycles. The van der Waals surface area contributed by atoms with Gasteiger partial charge in [-0.15, -0.1) is 11.3 Å². The molecule has 0 saturated heterocycles. The second-order valence-electron chi connectivity index (χ2n) is 4.16. The van der Waals surface area contributed by atoms with Crippen LogP contribution in [0.1, 0.15) is 19.2 Å². The van der Waals surface area contributed by atoms with Crippen LogP contribution in [0.15, 0.2) is 40.3 Å². The standard InChI is InChI=1S/C13H12N2OS/c1-9-4-2-5-10(8-9)12-14-13(16-15-12)11-6-3-7-17-11/h2-7,9H,8H2,1H3. The third-order valence-corrected chi connectivity index (χ3v) is 3.58. The van der Waals surface area contributed by atoms with Crippen molar-refractivity contribution in [2.75, 3.05) is 0 Å². The van der Waals surface area contributed by atoms with E-state index < -0.39 is 0 Å². The van der Waals surface area contributed by atoms with Gasteiger partial charge < -0.3 is 4.52 Å². The Hall–Kier alpha value is -1.68. The average Bonchev–Trinajstić information content (AvgIpc) is 3.00. The van der Waals surface area contributed by atoms with E-state index in [0.717, 1.165) is 16.9 Å². The number of allylic oxidation sites excluding steroid dienone is 4. The first-order chi connectivity index (χ1) is 8.33. The average molecular weight is 244 g/mol. The first-order valence-electron chi connectivity index (χ1n) is 5.58. The largest absolute Gasteiger partial charge is 0.333 e. The summed E-state index contributed by atoms with van der Waals surface area (Å²) >= 11 is 1.61. The Bertz CT molecular complexity index is 566. The van der Waals surface area contributed by atoms with Crippen LogP contribution >= 0.6 is 11.3 Å². The van der Waals surface area contributed by atoms with Crippen molar-refractivity contribution in [3.63, 3.8) is 0 Å². The molecule has 0 spiro atoms. The molecular weight excluding hydrogens is 232 g/mol. The van der Waals surface area contributed by atoms with Crippen molar-refractivity contribution in [2.24, 2.45) is 5.92 Å². The van der Waals surface area contributed by atoms with Gasteiger partial charge in [-0.25, -0.2) is 0 Å². The van der Waals surface area contributed by atoms with Crippen LogP contribution in [0.4, 0.5) is 0 Å². The van der Waals surface area contributed by atoms with Crippen LogP contribution in [0.25, 0.3) is 16.3 Å². The molecule has 0 radical (unpaired) electrons. The summed E-state index contributed by atoms with van der Waals surface area (Å²) in [4.78, 5) is 5.46. The summed E-state index contributed by atoms with van der Waals surface area (Å²) < 4.78 is 5.28. The first kappa shape index (κ1) is 10.5. The molecule has 2 heterocycles. The van der Waals surface area contributed by atoms with Gasteiger partial charge in [0.15, 0.2) is 5.82 Å². The molecule has 0 aromatic carbocycles. The number of hydrogen-bond acceptors (Lipinski definition) is 4. The Balaban J connectivity index is 1.91. The van der Waals surface area contributed by atoms with Crippen LogP contribution in [-0.4, -0.2) is 10.1 Å². The van der Waals surface area contributed by atoms with Crippen LogP contribution in [0.2, 0.25) is 0 Å². The van der Waals surface area contributed by atoms with Crippen LogP contribution in [-0.2, 0) is 0 Å². The van der Waals surface area contributed by atoms with Crippen LogP contribution in [0.5, 0.6) is 0 Å². The molecule has 1 unspecified atom stereocenters. The first-order valence-corrected chi connectivity index (χ1v) is 6.46. The molecule has 1 atom stereocenters. The maximum absolute atomic E-state index is 5.28. The van der Waals surface area contributed by atoms with Crippen LogP contribution in [0.3, 0.4) is 0 Å². The van der Waals surface area contributed by atoms with E-state index >= 15 is 0 Å². The minimum absolute atomic E-state index is 0.540. The molecule has 0 fully saturated rings. The van der Waals surface area contributed by atoms with E-state index in [4.69, 9.17) is 4.52 Å². The Labute approximate surface area is 103 Å². The molecule has 2 aromatic rings. The van der Waals surface area contributed by atoms with E-state index in [1.165, 1.54) is 0 Å². The smallest absolute Gasteiger partial charge is 0.268 e. The lowest BCUT2D eigenvalue weighted by Crippen LogP contribution is -1.98. The predicted molar refractivity (Wildman–Crippen MR) is 68.5 cm³/mol. The lowest BCUT2D eigenvalue weighted by Gasteiger charge is -2.10. The van der Waals surface area contributed by atoms with Gasteiger partial charge in [0, 0.05) is 5.57 Å². The number of hydrogen-bond donors (Lipinski definition) is 0. The Morgan fingerprint density at radius 1 is 1.47 bits per heavy atom. The highest BCUT2D eigenvalue weighted by Gasteiger charge is 2.15. The molecule has 0 saturated carbocycles. The molecule has 3 rings (SSSR count). The van der Waals surface area contributed by atoms with Crippen molar-refractivity contribution in [3.8, 4) is 10.8 Å². The van der Waals surface area contributed by atoms with Crippen LogP contribution in [0, 0.1) is 5.92 Å². The fourth-order valence-corrected chi connectivity index (χ4v) is 2.51. The Kier molecular flexibility index (Phi) is 2.65. The maximum atomic E-state index is 5.28. The van der Waals surface area contributed by atoms with Gasteiger partial charge in [0.2, 0.25) is 0 Å². The molecule has 86 valence electrons. The third kappa shape index (κ3) is 2.08. The van der Waals surface area contributed by atoms with Crippen LogP contribution < -0.4 is 0 Å². The normalized spacial score (nSPS) is 19.4. The number of aromatic nitrogens is 2. The third-order valence-electron chi connectivity index (χ3n) is 2.72. The fraction of sp³-hybridized carbons (Fsp3) is 0.231. The summed E-state index contributed by atoms with van der Waals surface area (Å²) in [5, 5.41) is 6.05. The molecule has 0 amide bonds. The molecular formula is C13H12N2OS. The molecule has 17 heavy (non-hydrogen) atoms. The summed E-state index contributed by atoms with van der Waals surface area (Å²) in [5.41, 5.74) is 1.14. The second-order valence-corrected chi connectivity index (χ2v) is 5.11. The van der Waals surface area contributed by atoms with Gasteiger partial charge in [-0.05, 0) is 23.8 Å². The highest BCUT2D eigenvalue weighted by atomic mass is 32.1. The topological polar surface area (TPSA) is 38.9 Å². The van der Waals surface area contributed by atoms with Gasteiger partial charge in [0.1, 0.15) is 0 Å². The molecule has 0 N–H and O–H groups in total. The Morgan fingerprint density at radius 3 is 3.18 bits per heavy atom. The zero-order chi connectivity index (χ0) is 11.7. The molecule has 2 aromatic heterocycles. The molecule has 4 heteroatoms. The summed E-state index contributed by atoms with van der Waals surface area (Å²) in [6.45, 7) is 2.18. The van der Waals surface area contributed by atoms with E-state index in [9.17, 15) is 0 Å². The zero-order valence-corrected chi connectivity index (χ0v) is 10.3. The number of nitrogens with zero attached hydrogens (tertiary/aromatic N) is 2. The maximum Gasteiger partial charge on any atom is 0.268 e. The van der Waals surface area contributed by atoms with E-state index in [2.05, 4.69) is 35.3 Å². The summed E-state index contributed by atoms with van der Waals surface area (Å²) in [6, 6.07) is 3.97. The molecule has 1 aliphatic rings. The van der Waals surface area contributed by atoms with E-state index in [1.54, 1.807) is 11.3 Å². The summed E-state index contributed by atoms with van der Waals surface area (Å²) in [6.07, 6.45) is 7.28. The zero-order valence-electron chi connectivity index (χ0n) is 9.46. The molecule has 0 bridgehead atoms. The van der Waals surface area contributed by atoms with E-state index in [-0.39, 0.29) is 0 Å². The van der Waals surface area contributed by atoms with Gasteiger partial charge in [0.05, 0.1) is 4.88 Å². The number of thiophene rings is 1. The fourth-order valence-electron chi connectivity index (χ4n) is 1.86. The van der Waals surface area contributed by atoms with Gasteiger partial charge in [0.25, 0.3) is 5.89 Å². The van der Waals surface area contributed by atoms with Crippen molar-refractivity contribution in [3.05, 3.63) is 41.6 Å². The van der Waals surface area contributed by atoms with Gasteiger partial charge in [-0.1, -0.05) is 36.4 Å². The van der Waals surface area contributed by atoms with Crippen molar-refractivity contribution in [2.45, 2.75) is 13.3 Å². The van der Waals surface area contributed by atoms with Gasteiger partial charge in [-0.3, -0.25) is 0 Å². The summed E-state index contributed by atoms with van der Waals surface area (Å²) in [7, 11) is 0. The quantitative estimate of drug-likeness (QED) is 0.807. The SMILES string of the molecule is CC1C=CC=C(c2noc(-c3cccs3)n2)C1. The molecule has 1 aliphatic carbocycles. The highest BCUT2D eigenvalue weighted by molar-refractivity contribution is 7.13. The van der Waals surface area contributed by atoms with Crippen molar-refractivity contribution in [1.82, 2.24) is 10.1 Å². The highest BCUT2D eigenvalue weighted by Crippen LogP contribution is 2.28. The van der Waals surface area contributed by atoms with Gasteiger partial charge >= 0.3 is 0 Å². The lowest BCUT2D eigenvalue weighted by atomic mass is 9.96. The van der Waals surface area contributed by atoms with E-state index in [0.29, 0.717) is 17.6 Å².